The standard InChI is InChI=1S/C20H15F3NO3/c21-16-7-4-13(5-8-16)10-14-6-9-19(27-20(22)23)18(11-14)15-2-1-3-17(12-15)24(25)26/h1-9,11-12,20,25H,10H2/q-1. The van der Waals surface area contributed by atoms with Gasteiger partial charge in [0.1, 0.15) is 11.6 Å². The summed E-state index contributed by atoms with van der Waals surface area (Å²) in [6.07, 6.45) is 0.454. The van der Waals surface area contributed by atoms with Gasteiger partial charge in [-0.1, -0.05) is 30.3 Å². The van der Waals surface area contributed by atoms with Crippen LogP contribution >= 0.6 is 0 Å². The highest BCUT2D eigenvalue weighted by atomic mass is 19.3. The number of rotatable bonds is 6. The van der Waals surface area contributed by atoms with Gasteiger partial charge < -0.3 is 15.2 Å². The van der Waals surface area contributed by atoms with Crippen LogP contribution in [-0.2, 0) is 6.42 Å². The van der Waals surface area contributed by atoms with Gasteiger partial charge in [-0.2, -0.15) is 8.78 Å². The molecule has 0 bridgehead atoms. The number of halogens is 3. The first kappa shape index (κ1) is 18.8. The summed E-state index contributed by atoms with van der Waals surface area (Å²) in [6.45, 7) is -3.01. The Morgan fingerprint density at radius 3 is 2.33 bits per heavy atom. The zero-order valence-corrected chi connectivity index (χ0v) is 14.0. The molecule has 27 heavy (non-hydrogen) atoms. The molecule has 0 heterocycles. The Balaban J connectivity index is 2.00. The van der Waals surface area contributed by atoms with Crippen molar-refractivity contribution in [2.75, 3.05) is 5.23 Å². The second kappa shape index (κ2) is 8.11. The number of benzene rings is 3. The summed E-state index contributed by atoms with van der Waals surface area (Å²) in [5.74, 6) is -0.400. The predicted molar refractivity (Wildman–Crippen MR) is 95.3 cm³/mol. The average Bonchev–Trinajstić information content (AvgIpc) is 2.64. The van der Waals surface area contributed by atoms with E-state index in [0.29, 0.717) is 17.5 Å². The van der Waals surface area contributed by atoms with E-state index in [9.17, 15) is 18.4 Å². The van der Waals surface area contributed by atoms with E-state index in [2.05, 4.69) is 4.74 Å². The summed E-state index contributed by atoms with van der Waals surface area (Å²) in [4.78, 5) is 0. The first-order valence-corrected chi connectivity index (χ1v) is 8.01. The van der Waals surface area contributed by atoms with Gasteiger partial charge in [0.2, 0.25) is 0 Å². The third-order valence-electron chi connectivity index (χ3n) is 3.96. The first-order valence-electron chi connectivity index (χ1n) is 8.01. The van der Waals surface area contributed by atoms with Crippen LogP contribution in [0.4, 0.5) is 18.9 Å². The zero-order chi connectivity index (χ0) is 19.4. The lowest BCUT2D eigenvalue weighted by atomic mass is 9.98. The lowest BCUT2D eigenvalue weighted by Crippen LogP contribution is -2.07. The fourth-order valence-electron chi connectivity index (χ4n) is 2.74. The molecule has 0 aromatic heterocycles. The molecule has 4 nitrogen and oxygen atoms in total. The molecule has 0 aliphatic carbocycles. The average molecular weight is 374 g/mol. The minimum atomic E-state index is -3.01. The lowest BCUT2D eigenvalue weighted by molar-refractivity contribution is -0.0494. The summed E-state index contributed by atoms with van der Waals surface area (Å²) in [6, 6.07) is 16.6. The van der Waals surface area contributed by atoms with E-state index in [1.54, 1.807) is 30.3 Å². The van der Waals surface area contributed by atoms with Gasteiger partial charge in [-0.05, 0) is 59.5 Å². The molecule has 1 N–H and O–H groups in total. The van der Waals surface area contributed by atoms with Crippen molar-refractivity contribution >= 4 is 5.69 Å². The minimum Gasteiger partial charge on any atom is -0.733 e. The van der Waals surface area contributed by atoms with Gasteiger partial charge >= 0.3 is 6.61 Å². The van der Waals surface area contributed by atoms with Gasteiger partial charge in [-0.15, -0.1) is 0 Å². The van der Waals surface area contributed by atoms with Gasteiger partial charge in [0, 0.05) is 5.56 Å². The van der Waals surface area contributed by atoms with Gasteiger partial charge in [0.25, 0.3) is 0 Å². The van der Waals surface area contributed by atoms with E-state index < -0.39 is 6.61 Å². The smallest absolute Gasteiger partial charge is 0.387 e. The van der Waals surface area contributed by atoms with Crippen molar-refractivity contribution in [3.05, 3.63) is 88.9 Å². The number of nitrogens with zero attached hydrogens (tertiary/aromatic N) is 1. The first-order chi connectivity index (χ1) is 12.9. The van der Waals surface area contributed by atoms with E-state index in [-0.39, 0.29) is 22.5 Å². The van der Waals surface area contributed by atoms with Gasteiger partial charge in [0.05, 0.1) is 5.69 Å². The molecule has 0 aliphatic rings. The molecule has 0 radical (unpaired) electrons. The Morgan fingerprint density at radius 1 is 0.963 bits per heavy atom. The molecule has 0 aliphatic heterocycles. The number of ether oxygens (including phenoxy) is 1. The van der Waals surface area contributed by atoms with E-state index >= 15 is 0 Å². The van der Waals surface area contributed by atoms with Crippen LogP contribution in [0.15, 0.2) is 66.7 Å². The van der Waals surface area contributed by atoms with E-state index in [4.69, 9.17) is 5.21 Å². The Hall–Kier alpha value is -3.03. The molecule has 7 heteroatoms. The second-order valence-electron chi connectivity index (χ2n) is 5.84. The van der Waals surface area contributed by atoms with E-state index in [0.717, 1.165) is 11.1 Å². The normalized spacial score (nSPS) is 10.9. The van der Waals surface area contributed by atoms with Crippen LogP contribution in [-0.4, -0.2) is 11.8 Å². The highest BCUT2D eigenvalue weighted by Gasteiger charge is 2.13. The third kappa shape index (κ3) is 4.78. The summed E-state index contributed by atoms with van der Waals surface area (Å²) in [5, 5.41) is 19.9. The monoisotopic (exact) mass is 374 g/mol. The SMILES string of the molecule is [O-]N(O)c1cccc(-c2cc(Cc3ccc(F)cc3)ccc2OC(F)F)c1. The van der Waals surface area contributed by atoms with Crippen molar-refractivity contribution in [3.63, 3.8) is 0 Å². The number of hydrogen-bond donors (Lipinski definition) is 1. The van der Waals surface area contributed by atoms with Crippen LogP contribution in [0, 0.1) is 11.0 Å². The van der Waals surface area contributed by atoms with Crippen LogP contribution in [0.5, 0.6) is 5.75 Å². The molecular weight excluding hydrogens is 359 g/mol. The quantitative estimate of drug-likeness (QED) is 0.589. The van der Waals surface area contributed by atoms with Crippen LogP contribution in [0.2, 0.25) is 0 Å². The maximum atomic E-state index is 13.1. The molecule has 140 valence electrons. The summed E-state index contributed by atoms with van der Waals surface area (Å²) < 4.78 is 43.1. The highest BCUT2D eigenvalue weighted by molar-refractivity contribution is 5.74. The van der Waals surface area contributed by atoms with Crippen LogP contribution in [0.25, 0.3) is 11.1 Å². The largest absolute Gasteiger partial charge is 0.733 e. The number of hydrogen-bond acceptors (Lipinski definition) is 4. The number of anilines is 1. The van der Waals surface area contributed by atoms with Gasteiger partial charge in [-0.3, -0.25) is 5.21 Å². The van der Waals surface area contributed by atoms with Gasteiger partial charge in [0.15, 0.2) is 0 Å². The molecule has 0 saturated heterocycles. The molecule has 0 fully saturated rings. The third-order valence-corrected chi connectivity index (χ3v) is 3.96. The summed E-state index contributed by atoms with van der Waals surface area (Å²) in [7, 11) is 0. The van der Waals surface area contributed by atoms with Crippen LogP contribution in [0.3, 0.4) is 0 Å². The van der Waals surface area contributed by atoms with Crippen molar-refractivity contribution in [1.29, 1.82) is 0 Å². The molecule has 0 amide bonds. The maximum absolute atomic E-state index is 13.1. The summed E-state index contributed by atoms with van der Waals surface area (Å²) >= 11 is 0. The van der Waals surface area contributed by atoms with Gasteiger partial charge in [-0.25, -0.2) is 4.39 Å². The molecular formula is C20H15F3NO3-. The van der Waals surface area contributed by atoms with E-state index in [1.165, 1.54) is 36.4 Å². The van der Waals surface area contributed by atoms with Crippen molar-refractivity contribution in [2.24, 2.45) is 0 Å². The Morgan fingerprint density at radius 2 is 1.67 bits per heavy atom. The Kier molecular flexibility index (Phi) is 5.63. The molecule has 3 aromatic rings. The van der Waals surface area contributed by atoms with Crippen molar-refractivity contribution in [1.82, 2.24) is 0 Å². The molecule has 3 rings (SSSR count). The van der Waals surface area contributed by atoms with E-state index in [1.807, 2.05) is 0 Å². The lowest BCUT2D eigenvalue weighted by Gasteiger charge is -2.22. The van der Waals surface area contributed by atoms with Crippen LogP contribution in [0.1, 0.15) is 11.1 Å². The molecule has 0 spiro atoms. The molecule has 3 aromatic carbocycles. The number of alkyl halides is 2. The molecule has 0 saturated carbocycles. The maximum Gasteiger partial charge on any atom is 0.387 e. The second-order valence-corrected chi connectivity index (χ2v) is 5.84. The Labute approximate surface area is 153 Å². The predicted octanol–water partition coefficient (Wildman–Crippen LogP) is 5.38. The fourth-order valence-corrected chi connectivity index (χ4v) is 2.74. The minimum absolute atomic E-state index is 0.0422. The molecule has 0 atom stereocenters. The fraction of sp³-hybridized carbons (Fsp3) is 0.100. The molecule has 0 unspecified atom stereocenters. The highest BCUT2D eigenvalue weighted by Crippen LogP contribution is 2.34. The van der Waals surface area contributed by atoms with Crippen LogP contribution < -0.4 is 9.96 Å². The topological polar surface area (TPSA) is 55.8 Å². The van der Waals surface area contributed by atoms with Crippen molar-refractivity contribution in [2.45, 2.75) is 13.0 Å². The summed E-state index contributed by atoms with van der Waals surface area (Å²) in [5.41, 5.74) is 2.36. The zero-order valence-electron chi connectivity index (χ0n) is 14.0. The van der Waals surface area contributed by atoms with Crippen molar-refractivity contribution in [3.8, 4) is 16.9 Å². The Bertz CT molecular complexity index is 915. The van der Waals surface area contributed by atoms with Crippen molar-refractivity contribution < 1.29 is 23.1 Å².